The molecule has 1 aromatic carbocycles. The summed E-state index contributed by atoms with van der Waals surface area (Å²) in [5, 5.41) is 0. The second-order valence-corrected chi connectivity index (χ2v) is 3.65. The van der Waals surface area contributed by atoms with Gasteiger partial charge in [-0.3, -0.25) is 4.79 Å². The lowest BCUT2D eigenvalue weighted by atomic mass is 10.1. The Balaban J connectivity index is 3.01. The van der Waals surface area contributed by atoms with Gasteiger partial charge in [0, 0.05) is 19.8 Å². The lowest BCUT2D eigenvalue weighted by molar-refractivity contribution is -0.133. The normalized spacial score (nSPS) is 11.7. The van der Waals surface area contributed by atoms with E-state index < -0.39 is 6.10 Å². The summed E-state index contributed by atoms with van der Waals surface area (Å²) >= 11 is 0. The molecule has 0 saturated heterocycles. The Morgan fingerprint density at radius 1 is 1.16 bits per heavy atom. The van der Waals surface area contributed by atoms with Crippen molar-refractivity contribution in [3.05, 3.63) is 23.8 Å². The van der Waals surface area contributed by atoms with Gasteiger partial charge in [0.2, 0.25) is 0 Å². The lowest BCUT2D eigenvalue weighted by Crippen LogP contribution is -2.08. The predicted molar refractivity (Wildman–Crippen MR) is 67.0 cm³/mol. The summed E-state index contributed by atoms with van der Waals surface area (Å²) in [6.45, 7) is 2.29. The van der Waals surface area contributed by atoms with Gasteiger partial charge in [0.25, 0.3) is 6.47 Å². The van der Waals surface area contributed by atoms with E-state index in [9.17, 15) is 4.79 Å². The van der Waals surface area contributed by atoms with Gasteiger partial charge in [-0.25, -0.2) is 0 Å². The number of rotatable bonds is 9. The van der Waals surface area contributed by atoms with Gasteiger partial charge in [-0.05, 0) is 13.0 Å². The predicted octanol–water partition coefficient (Wildman–Crippen LogP) is 1.89. The number of carbonyl (C=O) groups is 1. The molecule has 0 radical (unpaired) electrons. The van der Waals surface area contributed by atoms with Crippen LogP contribution in [0.5, 0.6) is 11.5 Å². The van der Waals surface area contributed by atoms with E-state index >= 15 is 0 Å². The van der Waals surface area contributed by atoms with Crippen LogP contribution in [0.4, 0.5) is 0 Å². The van der Waals surface area contributed by atoms with Crippen LogP contribution in [-0.4, -0.2) is 34.3 Å². The van der Waals surface area contributed by atoms with Gasteiger partial charge in [-0.1, -0.05) is 12.1 Å². The summed E-state index contributed by atoms with van der Waals surface area (Å²) in [4.78, 5) is 10.4. The molecule has 1 unspecified atom stereocenters. The fourth-order valence-electron chi connectivity index (χ4n) is 1.52. The average molecular weight is 270 g/mol. The first-order valence-electron chi connectivity index (χ1n) is 5.70. The largest absolute Gasteiger partial charge is 0.464 e. The molecular formula is C13H18O6. The summed E-state index contributed by atoms with van der Waals surface area (Å²) in [7, 11) is 3.04. The van der Waals surface area contributed by atoms with Crippen LogP contribution < -0.4 is 9.47 Å². The Bertz CT molecular complexity index is 393. The number of para-hydroxylation sites is 1. The summed E-state index contributed by atoms with van der Waals surface area (Å²) in [5.74, 6) is 0.966. The van der Waals surface area contributed by atoms with E-state index in [0.29, 0.717) is 23.5 Å². The van der Waals surface area contributed by atoms with Crippen LogP contribution >= 0.6 is 0 Å². The van der Waals surface area contributed by atoms with E-state index in [0.717, 1.165) is 0 Å². The SMILES string of the molecule is COCOc1cccc(C(C)OC=O)c1OCOC. The summed E-state index contributed by atoms with van der Waals surface area (Å²) in [5.41, 5.74) is 0.692. The molecule has 0 aliphatic carbocycles. The van der Waals surface area contributed by atoms with Crippen molar-refractivity contribution in [2.75, 3.05) is 27.8 Å². The van der Waals surface area contributed by atoms with Crippen LogP contribution in [0, 0.1) is 0 Å². The zero-order chi connectivity index (χ0) is 14.1. The molecule has 0 heterocycles. The number of hydrogen-bond donors (Lipinski definition) is 0. The minimum absolute atomic E-state index is 0.0637. The minimum atomic E-state index is -0.449. The molecule has 106 valence electrons. The van der Waals surface area contributed by atoms with Gasteiger partial charge in [-0.2, -0.15) is 0 Å². The van der Waals surface area contributed by atoms with Crippen molar-refractivity contribution < 1.29 is 28.5 Å². The van der Waals surface area contributed by atoms with Gasteiger partial charge in [0.05, 0.1) is 0 Å². The molecule has 1 atom stereocenters. The standard InChI is InChI=1S/C13H18O6/c1-10(17-7-14)11-5-4-6-12(18-8-15-2)13(11)19-9-16-3/h4-7,10H,8-9H2,1-3H3. The highest BCUT2D eigenvalue weighted by Gasteiger charge is 2.17. The Kier molecular flexibility index (Phi) is 6.70. The van der Waals surface area contributed by atoms with Crippen molar-refractivity contribution >= 4 is 6.47 Å². The van der Waals surface area contributed by atoms with Gasteiger partial charge >= 0.3 is 0 Å². The molecule has 1 rings (SSSR count). The Labute approximate surface area is 112 Å². The van der Waals surface area contributed by atoms with Crippen molar-refractivity contribution in [3.8, 4) is 11.5 Å². The van der Waals surface area contributed by atoms with E-state index in [2.05, 4.69) is 0 Å². The number of carbonyl (C=O) groups excluding carboxylic acids is 1. The Morgan fingerprint density at radius 3 is 2.47 bits per heavy atom. The summed E-state index contributed by atoms with van der Waals surface area (Å²) in [6.07, 6.45) is -0.449. The third-order valence-corrected chi connectivity index (χ3v) is 2.36. The third-order valence-electron chi connectivity index (χ3n) is 2.36. The molecule has 0 amide bonds. The fraction of sp³-hybridized carbons (Fsp3) is 0.462. The molecular weight excluding hydrogens is 252 g/mol. The third kappa shape index (κ3) is 4.42. The molecule has 6 heteroatoms. The van der Waals surface area contributed by atoms with Crippen molar-refractivity contribution in [1.29, 1.82) is 0 Å². The van der Waals surface area contributed by atoms with Gasteiger partial charge < -0.3 is 23.7 Å². The van der Waals surface area contributed by atoms with Crippen LogP contribution in [0.1, 0.15) is 18.6 Å². The van der Waals surface area contributed by atoms with Crippen molar-refractivity contribution in [2.45, 2.75) is 13.0 Å². The minimum Gasteiger partial charge on any atom is -0.464 e. The van der Waals surface area contributed by atoms with E-state index in [1.807, 2.05) is 0 Å². The number of benzene rings is 1. The number of ether oxygens (including phenoxy) is 5. The first-order valence-corrected chi connectivity index (χ1v) is 5.70. The first kappa shape index (κ1) is 15.3. The maximum absolute atomic E-state index is 10.4. The molecule has 19 heavy (non-hydrogen) atoms. The van der Waals surface area contributed by atoms with Crippen LogP contribution in [0.25, 0.3) is 0 Å². The molecule has 0 saturated carbocycles. The maximum Gasteiger partial charge on any atom is 0.293 e. The smallest absolute Gasteiger partial charge is 0.293 e. The van der Waals surface area contributed by atoms with Crippen LogP contribution in [0.2, 0.25) is 0 Å². The highest BCUT2D eigenvalue weighted by atomic mass is 16.7. The molecule has 1 aromatic rings. The van der Waals surface area contributed by atoms with E-state index in [-0.39, 0.29) is 13.6 Å². The quantitative estimate of drug-likeness (QED) is 0.504. The topological polar surface area (TPSA) is 63.2 Å². The highest BCUT2D eigenvalue weighted by Crippen LogP contribution is 2.36. The second-order valence-electron chi connectivity index (χ2n) is 3.65. The zero-order valence-corrected chi connectivity index (χ0v) is 11.3. The molecule has 0 aliphatic rings. The van der Waals surface area contributed by atoms with Gasteiger partial charge in [-0.15, -0.1) is 0 Å². The molecule has 0 aromatic heterocycles. The van der Waals surface area contributed by atoms with Crippen molar-refractivity contribution in [2.24, 2.45) is 0 Å². The fourth-order valence-corrected chi connectivity index (χ4v) is 1.52. The highest BCUT2D eigenvalue weighted by molar-refractivity contribution is 5.49. The van der Waals surface area contributed by atoms with E-state index in [1.165, 1.54) is 14.2 Å². The molecule has 0 fully saturated rings. The van der Waals surface area contributed by atoms with Gasteiger partial charge in [0.1, 0.15) is 6.10 Å². The Hall–Kier alpha value is -1.79. The van der Waals surface area contributed by atoms with Crippen LogP contribution in [0.15, 0.2) is 18.2 Å². The Morgan fingerprint density at radius 2 is 1.84 bits per heavy atom. The molecule has 0 N–H and O–H groups in total. The molecule has 0 spiro atoms. The summed E-state index contributed by atoms with van der Waals surface area (Å²) in [6, 6.07) is 5.31. The molecule has 6 nitrogen and oxygen atoms in total. The maximum atomic E-state index is 10.4. The monoisotopic (exact) mass is 270 g/mol. The lowest BCUT2D eigenvalue weighted by Gasteiger charge is -2.18. The second kappa shape index (κ2) is 8.34. The van der Waals surface area contributed by atoms with Gasteiger partial charge in [0.15, 0.2) is 25.1 Å². The van der Waals surface area contributed by atoms with Crippen LogP contribution in [0.3, 0.4) is 0 Å². The van der Waals surface area contributed by atoms with Crippen molar-refractivity contribution in [1.82, 2.24) is 0 Å². The van der Waals surface area contributed by atoms with Crippen LogP contribution in [-0.2, 0) is 19.0 Å². The first-order chi connectivity index (χ1) is 9.24. The van der Waals surface area contributed by atoms with E-state index in [1.54, 1.807) is 25.1 Å². The zero-order valence-electron chi connectivity index (χ0n) is 11.3. The molecule has 0 aliphatic heterocycles. The number of hydrogen-bond acceptors (Lipinski definition) is 6. The summed E-state index contributed by atoms with van der Waals surface area (Å²) < 4.78 is 25.5. The molecule has 0 bridgehead atoms. The van der Waals surface area contributed by atoms with E-state index in [4.69, 9.17) is 23.7 Å². The van der Waals surface area contributed by atoms with Crippen molar-refractivity contribution in [3.63, 3.8) is 0 Å². The average Bonchev–Trinajstić information content (AvgIpc) is 2.43. The number of methoxy groups -OCH3 is 2.